The highest BCUT2D eigenvalue weighted by atomic mass is 79.9. The van der Waals surface area contributed by atoms with Crippen LogP contribution in [0.5, 0.6) is 11.5 Å². The molecule has 0 bridgehead atoms. The molecule has 0 aliphatic carbocycles. The predicted octanol–water partition coefficient (Wildman–Crippen LogP) is 4.54. The number of benzene rings is 2. The van der Waals surface area contributed by atoms with Gasteiger partial charge < -0.3 is 9.47 Å². The smallest absolute Gasteiger partial charge is 0.178 e. The van der Waals surface area contributed by atoms with Crippen LogP contribution in [0.1, 0.15) is 20.7 Å². The van der Waals surface area contributed by atoms with Crippen molar-refractivity contribution in [1.82, 2.24) is 0 Å². The summed E-state index contributed by atoms with van der Waals surface area (Å²) in [6, 6.07) is 15.2. The van der Waals surface area contributed by atoms with E-state index in [-0.39, 0.29) is 15.4 Å². The number of carbonyl (C=O) groups excluding carboxylic acids is 1. The molecule has 1 aliphatic heterocycles. The molecule has 2 aromatic carbocycles. The van der Waals surface area contributed by atoms with E-state index in [2.05, 4.69) is 31.9 Å². The van der Waals surface area contributed by atoms with Crippen LogP contribution in [0.4, 0.5) is 0 Å². The normalized spacial score (nSPS) is 15.9. The van der Waals surface area contributed by atoms with Gasteiger partial charge in [0.1, 0.15) is 13.2 Å². The van der Waals surface area contributed by atoms with Gasteiger partial charge in [0.2, 0.25) is 0 Å². The summed E-state index contributed by atoms with van der Waals surface area (Å²) in [4.78, 5) is 12.2. The fourth-order valence-corrected chi connectivity index (χ4v) is 3.41. The molecule has 0 amide bonds. The van der Waals surface area contributed by atoms with Gasteiger partial charge in [0.25, 0.3) is 0 Å². The van der Waals surface area contributed by atoms with Crippen molar-refractivity contribution in [3.8, 4) is 11.5 Å². The number of hydrogen-bond acceptors (Lipinski definition) is 3. The fourth-order valence-electron chi connectivity index (χ4n) is 2.29. The van der Waals surface area contributed by atoms with E-state index in [1.165, 1.54) is 0 Å². The maximum Gasteiger partial charge on any atom is 0.178 e. The van der Waals surface area contributed by atoms with Gasteiger partial charge in [-0.3, -0.25) is 4.79 Å². The van der Waals surface area contributed by atoms with Gasteiger partial charge in [-0.15, -0.1) is 0 Å². The van der Waals surface area contributed by atoms with E-state index in [0.717, 1.165) is 5.56 Å². The number of alkyl halides is 2. The molecule has 3 nitrogen and oxygen atoms in total. The van der Waals surface area contributed by atoms with Gasteiger partial charge in [0.05, 0.1) is 9.65 Å². The van der Waals surface area contributed by atoms with E-state index in [1.807, 2.05) is 30.3 Å². The molecular formula is C17H14Br2O3. The van der Waals surface area contributed by atoms with Gasteiger partial charge >= 0.3 is 0 Å². The second-order valence-corrected chi connectivity index (χ2v) is 6.91. The predicted molar refractivity (Wildman–Crippen MR) is 92.6 cm³/mol. The molecule has 114 valence electrons. The molecule has 0 spiro atoms. The Morgan fingerprint density at radius 2 is 1.64 bits per heavy atom. The first kappa shape index (κ1) is 15.6. The third-order valence-electron chi connectivity index (χ3n) is 3.45. The molecule has 0 unspecified atom stereocenters. The van der Waals surface area contributed by atoms with E-state index in [4.69, 9.17) is 9.47 Å². The number of ketones is 1. The van der Waals surface area contributed by atoms with Crippen LogP contribution in [0.15, 0.2) is 48.5 Å². The lowest BCUT2D eigenvalue weighted by Gasteiger charge is -2.20. The Kier molecular flexibility index (Phi) is 4.84. The van der Waals surface area contributed by atoms with E-state index in [1.54, 1.807) is 18.2 Å². The zero-order valence-corrected chi connectivity index (χ0v) is 14.8. The summed E-state index contributed by atoms with van der Waals surface area (Å²) in [6.45, 7) is 1.05. The van der Waals surface area contributed by atoms with Crippen molar-refractivity contribution in [3.63, 3.8) is 0 Å². The Bertz CT molecular complexity index is 673. The summed E-state index contributed by atoms with van der Waals surface area (Å²) in [6.07, 6.45) is 0. The molecular weight excluding hydrogens is 412 g/mol. The summed E-state index contributed by atoms with van der Waals surface area (Å²) in [5.41, 5.74) is 1.65. The van der Waals surface area contributed by atoms with E-state index in [9.17, 15) is 4.79 Å². The summed E-state index contributed by atoms with van der Waals surface area (Å²) in [7, 11) is 0. The summed E-state index contributed by atoms with van der Waals surface area (Å²) in [5, 5.41) is 0. The first-order valence-electron chi connectivity index (χ1n) is 6.94. The summed E-state index contributed by atoms with van der Waals surface area (Å²) >= 11 is 7.11. The maximum atomic E-state index is 12.7. The Morgan fingerprint density at radius 3 is 2.36 bits per heavy atom. The number of hydrogen-bond donors (Lipinski definition) is 0. The molecule has 2 aromatic rings. The number of carbonyl (C=O) groups is 1. The second-order valence-electron chi connectivity index (χ2n) is 4.94. The topological polar surface area (TPSA) is 35.5 Å². The average Bonchev–Trinajstić information content (AvgIpc) is 2.60. The lowest BCUT2D eigenvalue weighted by atomic mass is 10.0. The molecule has 0 N–H and O–H groups in total. The summed E-state index contributed by atoms with van der Waals surface area (Å²) in [5.74, 6) is 1.32. The zero-order valence-electron chi connectivity index (χ0n) is 11.7. The van der Waals surface area contributed by atoms with Crippen molar-refractivity contribution in [2.45, 2.75) is 9.65 Å². The number of Topliss-reactive ketones (excluding diaryl/α,β-unsaturated/α-hetero) is 1. The number of rotatable bonds is 4. The number of ether oxygens (including phenoxy) is 2. The minimum atomic E-state index is -0.363. The lowest BCUT2D eigenvalue weighted by Crippen LogP contribution is -2.20. The standard InChI is InChI=1S/C17H14Br2O3/c18-15(11-4-2-1-3-5-11)16(19)17(20)12-6-7-13-14(10-12)22-9-8-21-13/h1-7,10,15-16H,8-9H2/t15-,16-/m1/s1. The van der Waals surface area contributed by atoms with Gasteiger partial charge in [-0.2, -0.15) is 0 Å². The molecule has 5 heteroatoms. The van der Waals surface area contributed by atoms with Crippen LogP contribution < -0.4 is 9.47 Å². The van der Waals surface area contributed by atoms with Crippen molar-refractivity contribution in [2.75, 3.05) is 13.2 Å². The number of halogens is 2. The molecule has 2 atom stereocenters. The number of fused-ring (bicyclic) bond motifs is 1. The zero-order chi connectivity index (χ0) is 15.5. The molecule has 0 fully saturated rings. The van der Waals surface area contributed by atoms with Crippen LogP contribution in [0.2, 0.25) is 0 Å². The van der Waals surface area contributed by atoms with E-state index < -0.39 is 0 Å². The van der Waals surface area contributed by atoms with Crippen molar-refractivity contribution < 1.29 is 14.3 Å². The molecule has 0 radical (unpaired) electrons. The first-order chi connectivity index (χ1) is 10.7. The highest BCUT2D eigenvalue weighted by Crippen LogP contribution is 2.36. The molecule has 0 saturated heterocycles. The van der Waals surface area contributed by atoms with Crippen LogP contribution in [0, 0.1) is 0 Å². The van der Waals surface area contributed by atoms with E-state index >= 15 is 0 Å². The van der Waals surface area contributed by atoms with Crippen molar-refractivity contribution in [3.05, 3.63) is 59.7 Å². The lowest BCUT2D eigenvalue weighted by molar-refractivity contribution is 0.0989. The van der Waals surface area contributed by atoms with Crippen LogP contribution >= 0.6 is 31.9 Å². The van der Waals surface area contributed by atoms with Gasteiger partial charge in [-0.05, 0) is 23.8 Å². The Hall–Kier alpha value is -1.33. The van der Waals surface area contributed by atoms with Crippen LogP contribution in [0.3, 0.4) is 0 Å². The third-order valence-corrected chi connectivity index (χ3v) is 6.16. The van der Waals surface area contributed by atoms with Crippen LogP contribution in [-0.4, -0.2) is 23.8 Å². The SMILES string of the molecule is O=C(c1ccc2c(c1)OCCO2)[C@H](Br)[C@H](Br)c1ccccc1. The second kappa shape index (κ2) is 6.84. The van der Waals surface area contributed by atoms with Gasteiger partial charge in [0, 0.05) is 5.56 Å². The van der Waals surface area contributed by atoms with Crippen molar-refractivity contribution in [2.24, 2.45) is 0 Å². The van der Waals surface area contributed by atoms with E-state index in [0.29, 0.717) is 30.3 Å². The van der Waals surface area contributed by atoms with Crippen molar-refractivity contribution in [1.29, 1.82) is 0 Å². The molecule has 0 saturated carbocycles. The third kappa shape index (κ3) is 3.20. The Balaban J connectivity index is 1.81. The quantitative estimate of drug-likeness (QED) is 0.532. The maximum absolute atomic E-state index is 12.7. The van der Waals surface area contributed by atoms with Gasteiger partial charge in [-0.1, -0.05) is 62.2 Å². The minimum Gasteiger partial charge on any atom is -0.486 e. The first-order valence-corrected chi connectivity index (χ1v) is 8.77. The Labute approximate surface area is 145 Å². The summed E-state index contributed by atoms with van der Waals surface area (Å²) < 4.78 is 11.0. The highest BCUT2D eigenvalue weighted by molar-refractivity contribution is 9.12. The van der Waals surface area contributed by atoms with Gasteiger partial charge in [-0.25, -0.2) is 0 Å². The van der Waals surface area contributed by atoms with Crippen LogP contribution in [-0.2, 0) is 0 Å². The molecule has 1 aliphatic rings. The van der Waals surface area contributed by atoms with Crippen LogP contribution in [0.25, 0.3) is 0 Å². The fraction of sp³-hybridized carbons (Fsp3) is 0.235. The molecule has 0 aromatic heterocycles. The van der Waals surface area contributed by atoms with Crippen molar-refractivity contribution >= 4 is 37.6 Å². The highest BCUT2D eigenvalue weighted by Gasteiger charge is 2.27. The minimum absolute atomic E-state index is 0.00250. The Morgan fingerprint density at radius 1 is 0.955 bits per heavy atom. The molecule has 1 heterocycles. The molecule has 3 rings (SSSR count). The largest absolute Gasteiger partial charge is 0.486 e. The average molecular weight is 426 g/mol. The monoisotopic (exact) mass is 424 g/mol. The molecule has 22 heavy (non-hydrogen) atoms. The van der Waals surface area contributed by atoms with Gasteiger partial charge in [0.15, 0.2) is 17.3 Å².